The average molecular weight is 278 g/mol. The van der Waals surface area contributed by atoms with Crippen LogP contribution in [0.25, 0.3) is 11.0 Å². The van der Waals surface area contributed by atoms with E-state index in [0.29, 0.717) is 16.7 Å². The molecule has 1 aromatic heterocycles. The first-order chi connectivity index (χ1) is 9.51. The van der Waals surface area contributed by atoms with Gasteiger partial charge in [-0.25, -0.2) is 0 Å². The highest BCUT2D eigenvalue weighted by atomic mass is 16.5. The van der Waals surface area contributed by atoms with Crippen molar-refractivity contribution in [2.75, 3.05) is 19.0 Å². The van der Waals surface area contributed by atoms with Gasteiger partial charge in [0.2, 0.25) is 5.91 Å². The summed E-state index contributed by atoms with van der Waals surface area (Å²) in [5, 5.41) is 2.59. The van der Waals surface area contributed by atoms with Crippen LogP contribution in [0.2, 0.25) is 0 Å². The molecule has 0 fully saturated rings. The summed E-state index contributed by atoms with van der Waals surface area (Å²) in [5.74, 6) is -0.405. The molecule has 8 heteroatoms. The molecule has 1 heterocycles. The van der Waals surface area contributed by atoms with E-state index in [0.717, 1.165) is 0 Å². The van der Waals surface area contributed by atoms with E-state index >= 15 is 0 Å². The molecule has 1 unspecified atom stereocenters. The van der Waals surface area contributed by atoms with Crippen LogP contribution in [-0.2, 0) is 9.53 Å². The molecule has 1 aromatic carbocycles. The molecule has 20 heavy (non-hydrogen) atoms. The van der Waals surface area contributed by atoms with Crippen LogP contribution in [-0.4, -0.2) is 35.6 Å². The number of hydrogen-bond donors (Lipinski definition) is 4. The number of rotatable bonds is 4. The number of aromatic amines is 2. The maximum atomic E-state index is 11.7. The summed E-state index contributed by atoms with van der Waals surface area (Å²) in [5.41, 5.74) is 5.44. The van der Waals surface area contributed by atoms with E-state index in [2.05, 4.69) is 15.3 Å². The minimum absolute atomic E-state index is 0.101. The van der Waals surface area contributed by atoms with Crippen molar-refractivity contribution in [3.05, 3.63) is 38.9 Å². The Morgan fingerprint density at radius 1 is 1.30 bits per heavy atom. The van der Waals surface area contributed by atoms with Gasteiger partial charge < -0.3 is 25.8 Å². The van der Waals surface area contributed by atoms with Gasteiger partial charge in [-0.15, -0.1) is 0 Å². The number of fused-ring (bicyclic) bond motifs is 1. The third-order valence-electron chi connectivity index (χ3n) is 2.67. The quantitative estimate of drug-likeness (QED) is 0.540. The molecule has 0 spiro atoms. The Hall–Kier alpha value is -2.45. The number of nitrogens with one attached hydrogen (secondary N) is 3. The largest absolute Gasteiger partial charge is 0.383 e. The normalized spacial score (nSPS) is 12.3. The van der Waals surface area contributed by atoms with E-state index in [9.17, 15) is 14.4 Å². The number of anilines is 1. The summed E-state index contributed by atoms with van der Waals surface area (Å²) >= 11 is 0. The van der Waals surface area contributed by atoms with E-state index in [1.54, 1.807) is 12.1 Å². The second-order valence-electron chi connectivity index (χ2n) is 4.22. The molecular weight excluding hydrogens is 264 g/mol. The Labute approximate surface area is 112 Å². The summed E-state index contributed by atoms with van der Waals surface area (Å²) in [4.78, 5) is 39.0. The van der Waals surface area contributed by atoms with Gasteiger partial charge in [-0.2, -0.15) is 0 Å². The van der Waals surface area contributed by atoms with E-state index < -0.39 is 23.1 Å². The maximum absolute atomic E-state index is 11.7. The van der Waals surface area contributed by atoms with Gasteiger partial charge in [-0.1, -0.05) is 0 Å². The number of methoxy groups -OCH3 is 1. The number of carbonyl (C=O) groups is 1. The van der Waals surface area contributed by atoms with Gasteiger partial charge in [-0.3, -0.25) is 14.4 Å². The Balaban J connectivity index is 2.28. The molecule has 2 rings (SSSR count). The fourth-order valence-corrected chi connectivity index (χ4v) is 1.68. The summed E-state index contributed by atoms with van der Waals surface area (Å²) in [6, 6.07) is 3.91. The highest BCUT2D eigenvalue weighted by Gasteiger charge is 2.13. The standard InChI is InChI=1S/C12H14N4O4/c1-20-5-7(13)10(17)14-6-2-3-8-9(4-6)16-12(19)11(18)15-8/h2-4,7H,5,13H2,1H3,(H,14,17)(H,15,18)(H,16,19). The molecule has 1 amide bonds. The van der Waals surface area contributed by atoms with E-state index in [1.165, 1.54) is 13.2 Å². The number of ether oxygens (including phenoxy) is 1. The Morgan fingerprint density at radius 2 is 1.95 bits per heavy atom. The predicted octanol–water partition coefficient (Wildman–Crippen LogP) is -0.871. The van der Waals surface area contributed by atoms with Gasteiger partial charge in [0.05, 0.1) is 17.6 Å². The SMILES string of the molecule is COCC(N)C(=O)Nc1ccc2[nH]c(=O)c(=O)[nH]c2c1. The van der Waals surface area contributed by atoms with Gasteiger partial charge in [-0.05, 0) is 18.2 Å². The number of aromatic nitrogens is 2. The second kappa shape index (κ2) is 5.68. The summed E-state index contributed by atoms with van der Waals surface area (Å²) < 4.78 is 4.79. The zero-order chi connectivity index (χ0) is 14.7. The first-order valence-electron chi connectivity index (χ1n) is 5.83. The van der Waals surface area contributed by atoms with Crippen molar-refractivity contribution in [3.63, 3.8) is 0 Å². The minimum Gasteiger partial charge on any atom is -0.383 e. The molecule has 0 aliphatic carbocycles. The molecule has 0 radical (unpaired) electrons. The minimum atomic E-state index is -0.787. The summed E-state index contributed by atoms with van der Waals surface area (Å²) in [6.45, 7) is 0.101. The average Bonchev–Trinajstić information content (AvgIpc) is 2.40. The summed E-state index contributed by atoms with van der Waals surface area (Å²) in [6.07, 6.45) is 0. The fraction of sp³-hybridized carbons (Fsp3) is 0.250. The number of amides is 1. The van der Waals surface area contributed by atoms with Gasteiger partial charge in [0, 0.05) is 12.8 Å². The van der Waals surface area contributed by atoms with Crippen molar-refractivity contribution in [1.29, 1.82) is 0 Å². The Kier molecular flexibility index (Phi) is 3.97. The fourth-order valence-electron chi connectivity index (χ4n) is 1.68. The molecule has 1 atom stereocenters. The van der Waals surface area contributed by atoms with Crippen LogP contribution in [0.4, 0.5) is 5.69 Å². The summed E-state index contributed by atoms with van der Waals surface area (Å²) in [7, 11) is 1.45. The number of benzene rings is 1. The smallest absolute Gasteiger partial charge is 0.314 e. The van der Waals surface area contributed by atoms with Crippen molar-refractivity contribution in [3.8, 4) is 0 Å². The molecule has 0 bridgehead atoms. The van der Waals surface area contributed by atoms with Crippen LogP contribution >= 0.6 is 0 Å². The van der Waals surface area contributed by atoms with E-state index in [1.807, 2.05) is 0 Å². The first kappa shape index (κ1) is 14.0. The van der Waals surface area contributed by atoms with Crippen LogP contribution in [0.3, 0.4) is 0 Å². The Morgan fingerprint density at radius 3 is 2.60 bits per heavy atom. The van der Waals surface area contributed by atoms with Crippen molar-refractivity contribution in [1.82, 2.24) is 9.97 Å². The van der Waals surface area contributed by atoms with Crippen LogP contribution in [0.5, 0.6) is 0 Å². The van der Waals surface area contributed by atoms with Gasteiger partial charge >= 0.3 is 11.1 Å². The maximum Gasteiger partial charge on any atom is 0.314 e. The van der Waals surface area contributed by atoms with E-state index in [-0.39, 0.29) is 6.61 Å². The number of nitrogens with two attached hydrogens (primary N) is 1. The number of H-pyrrole nitrogens is 2. The van der Waals surface area contributed by atoms with E-state index in [4.69, 9.17) is 10.5 Å². The third kappa shape index (κ3) is 2.92. The molecule has 0 saturated carbocycles. The predicted molar refractivity (Wildman–Crippen MR) is 73.7 cm³/mol. The van der Waals surface area contributed by atoms with Crippen molar-refractivity contribution < 1.29 is 9.53 Å². The molecule has 0 aliphatic heterocycles. The van der Waals surface area contributed by atoms with Crippen LogP contribution < -0.4 is 22.2 Å². The third-order valence-corrected chi connectivity index (χ3v) is 2.67. The zero-order valence-electron chi connectivity index (χ0n) is 10.7. The highest BCUT2D eigenvalue weighted by molar-refractivity contribution is 5.96. The van der Waals surface area contributed by atoms with Crippen LogP contribution in [0, 0.1) is 0 Å². The first-order valence-corrected chi connectivity index (χ1v) is 5.83. The van der Waals surface area contributed by atoms with Gasteiger partial charge in [0.25, 0.3) is 0 Å². The van der Waals surface area contributed by atoms with Crippen LogP contribution in [0.1, 0.15) is 0 Å². The molecule has 5 N–H and O–H groups in total. The second-order valence-corrected chi connectivity index (χ2v) is 4.22. The van der Waals surface area contributed by atoms with Gasteiger partial charge in [0.15, 0.2) is 0 Å². The molecule has 8 nitrogen and oxygen atoms in total. The van der Waals surface area contributed by atoms with Gasteiger partial charge in [0.1, 0.15) is 6.04 Å². The van der Waals surface area contributed by atoms with Crippen molar-refractivity contribution in [2.45, 2.75) is 6.04 Å². The topological polar surface area (TPSA) is 130 Å². The lowest BCUT2D eigenvalue weighted by Gasteiger charge is -2.11. The van der Waals surface area contributed by atoms with Crippen LogP contribution in [0.15, 0.2) is 27.8 Å². The van der Waals surface area contributed by atoms with Crippen molar-refractivity contribution >= 4 is 22.6 Å². The lowest BCUT2D eigenvalue weighted by Crippen LogP contribution is -2.39. The molecule has 2 aromatic rings. The lowest BCUT2D eigenvalue weighted by atomic mass is 10.2. The highest BCUT2D eigenvalue weighted by Crippen LogP contribution is 2.13. The lowest BCUT2D eigenvalue weighted by molar-refractivity contribution is -0.118. The number of carbonyl (C=O) groups excluding carboxylic acids is 1. The Bertz CT molecular complexity index is 749. The molecule has 0 saturated heterocycles. The molecular formula is C12H14N4O4. The van der Waals surface area contributed by atoms with Crippen molar-refractivity contribution in [2.24, 2.45) is 5.73 Å². The zero-order valence-corrected chi connectivity index (χ0v) is 10.7. The monoisotopic (exact) mass is 278 g/mol. The molecule has 106 valence electrons. The molecule has 0 aliphatic rings. The number of hydrogen-bond acceptors (Lipinski definition) is 5.